The van der Waals surface area contributed by atoms with E-state index in [9.17, 15) is 14.4 Å². The molecular weight excluding hydrogens is 658 g/mol. The summed E-state index contributed by atoms with van der Waals surface area (Å²) in [6.07, 6.45) is 16.6. The molecule has 1 heterocycles. The van der Waals surface area contributed by atoms with Gasteiger partial charge in [0.15, 0.2) is 5.71 Å². The third-order valence-electron chi connectivity index (χ3n) is 6.38. The number of hydrogen-bond acceptors (Lipinski definition) is 11. The van der Waals surface area contributed by atoms with Crippen LogP contribution in [0.15, 0.2) is 57.9 Å². The number of anilines is 1. The first-order valence-corrected chi connectivity index (χ1v) is 16.6. The number of benzene rings is 1. The van der Waals surface area contributed by atoms with Crippen LogP contribution in [-0.4, -0.2) is 107 Å². The molecule has 0 aromatic heterocycles. The lowest BCUT2D eigenvalue weighted by Gasteiger charge is -2.17. The number of unbranched alkanes of at least 4 members (excludes halogenated alkanes) is 1. The number of hydrogen-bond donors (Lipinski definition) is 6. The minimum atomic E-state index is -0.506. The summed E-state index contributed by atoms with van der Waals surface area (Å²) in [4.78, 5) is 45.5. The van der Waals surface area contributed by atoms with Gasteiger partial charge in [-0.05, 0) is 44.0 Å². The zero-order chi connectivity index (χ0) is 37.5. The Kier molecular flexibility index (Phi) is 24.6. The molecule has 0 radical (unpaired) electrons. The quantitative estimate of drug-likeness (QED) is 0.0395. The van der Waals surface area contributed by atoms with Crippen molar-refractivity contribution in [3.8, 4) is 24.9 Å². The molecule has 51 heavy (non-hydrogen) atoms. The van der Waals surface area contributed by atoms with Crippen molar-refractivity contribution in [2.24, 2.45) is 15.7 Å². The normalized spacial score (nSPS) is 12.9. The minimum Gasteiger partial charge on any atom is -0.462 e. The first-order valence-electron chi connectivity index (χ1n) is 16.6. The van der Waals surface area contributed by atoms with Crippen molar-refractivity contribution in [3.63, 3.8) is 0 Å². The largest absolute Gasteiger partial charge is 0.462 e. The highest BCUT2D eigenvalue weighted by molar-refractivity contribution is 6.47. The Morgan fingerprint density at radius 1 is 0.980 bits per heavy atom. The maximum atomic E-state index is 12.6. The molecule has 0 atom stereocenters. The Morgan fingerprint density at radius 3 is 2.22 bits per heavy atom. The SMILES string of the molecule is C#CCOCCOCCOCCOCCNC(=O)CCCNC(=O)c1ccc(NCC2=CN/C(=C\CCC)C(C(=O)N=C(C)N)=N2)cc1.C#CO. The van der Waals surface area contributed by atoms with Gasteiger partial charge in [0.25, 0.3) is 11.8 Å². The van der Waals surface area contributed by atoms with Crippen LogP contribution in [0.1, 0.15) is 49.9 Å². The van der Waals surface area contributed by atoms with E-state index in [0.29, 0.717) is 89.3 Å². The number of terminal acetylenes is 2. The number of ether oxygens (including phenoxy) is 4. The molecule has 1 aromatic rings. The lowest BCUT2D eigenvalue weighted by atomic mass is 10.1. The maximum Gasteiger partial charge on any atom is 0.299 e. The number of carbonyl (C=O) groups is 3. The molecule has 2 rings (SSSR count). The van der Waals surface area contributed by atoms with Gasteiger partial charge in [-0.3, -0.25) is 14.4 Å². The topological polar surface area (TPSA) is 207 Å². The van der Waals surface area contributed by atoms with Crippen LogP contribution in [0.25, 0.3) is 0 Å². The number of aliphatic hydroxyl groups excluding tert-OH is 1. The van der Waals surface area contributed by atoms with Gasteiger partial charge >= 0.3 is 0 Å². The molecule has 15 heteroatoms. The van der Waals surface area contributed by atoms with E-state index in [1.807, 2.05) is 13.0 Å². The summed E-state index contributed by atoms with van der Waals surface area (Å²) >= 11 is 0. The summed E-state index contributed by atoms with van der Waals surface area (Å²) < 4.78 is 21.3. The van der Waals surface area contributed by atoms with E-state index in [2.05, 4.69) is 43.6 Å². The monoisotopic (exact) mass is 709 g/mol. The van der Waals surface area contributed by atoms with Crippen molar-refractivity contribution in [1.82, 2.24) is 16.0 Å². The standard InChI is InChI=1S/C34H49N7O7.C2H2O/c1-4-6-8-30-32(34(44)40-26(3)35)41-29(25-39-30)24-38-28-12-10-27(11-13-28)33(43)37-14-7-9-31(42)36-15-17-46-19-21-48-23-22-47-20-18-45-16-5-2;1-2-3/h2,8,10-13,25,38-39H,4,6-7,9,14-24H2,1,3H3,(H,36,42)(H,37,43)(H2,35,40,44);1,3H/b30-8-;. The number of nitrogens with zero attached hydrogens (tertiary/aromatic N) is 2. The molecule has 0 fully saturated rings. The molecule has 7 N–H and O–H groups in total. The van der Waals surface area contributed by atoms with E-state index in [0.717, 1.165) is 18.5 Å². The van der Waals surface area contributed by atoms with E-state index in [1.165, 1.54) is 6.11 Å². The molecule has 0 bridgehead atoms. The lowest BCUT2D eigenvalue weighted by molar-refractivity contribution is -0.121. The number of aliphatic hydroxyl groups is 1. The third-order valence-corrected chi connectivity index (χ3v) is 6.38. The Bertz CT molecular complexity index is 1410. The summed E-state index contributed by atoms with van der Waals surface area (Å²) in [5.41, 5.74) is 8.29. The predicted octanol–water partition coefficient (Wildman–Crippen LogP) is 1.85. The summed E-state index contributed by atoms with van der Waals surface area (Å²) in [5, 5.41) is 19.1. The summed E-state index contributed by atoms with van der Waals surface area (Å²) in [7, 11) is 0. The van der Waals surface area contributed by atoms with Crippen molar-refractivity contribution >= 4 is 35.0 Å². The van der Waals surface area contributed by atoms with Gasteiger partial charge in [-0.15, -0.1) is 6.42 Å². The molecule has 278 valence electrons. The first-order chi connectivity index (χ1) is 24.7. The second-order valence-electron chi connectivity index (χ2n) is 10.6. The van der Waals surface area contributed by atoms with Gasteiger partial charge in [0.05, 0.1) is 64.2 Å². The summed E-state index contributed by atoms with van der Waals surface area (Å²) in [6, 6.07) is 6.98. The average molecular weight is 710 g/mol. The minimum absolute atomic E-state index is 0.109. The van der Waals surface area contributed by atoms with E-state index < -0.39 is 5.91 Å². The van der Waals surface area contributed by atoms with Gasteiger partial charge in [0, 0.05) is 37.0 Å². The number of allylic oxidation sites excluding steroid dienone is 1. The fourth-order valence-electron chi connectivity index (χ4n) is 4.00. The second kappa shape index (κ2) is 28.6. The van der Waals surface area contributed by atoms with Crippen molar-refractivity contribution in [3.05, 3.63) is 53.5 Å². The van der Waals surface area contributed by atoms with Crippen molar-refractivity contribution in [1.29, 1.82) is 0 Å². The first kappa shape index (κ1) is 43.8. The van der Waals surface area contributed by atoms with Gasteiger partial charge in [0.2, 0.25) is 5.91 Å². The number of nitrogens with two attached hydrogens (primary N) is 1. The zero-order valence-electron chi connectivity index (χ0n) is 29.5. The van der Waals surface area contributed by atoms with E-state index in [-0.39, 0.29) is 36.4 Å². The van der Waals surface area contributed by atoms with E-state index >= 15 is 0 Å². The van der Waals surface area contributed by atoms with Crippen molar-refractivity contribution in [2.45, 2.75) is 39.5 Å². The molecule has 1 aromatic carbocycles. The van der Waals surface area contributed by atoms with Crippen LogP contribution in [-0.2, 0) is 28.5 Å². The molecule has 1 aliphatic heterocycles. The highest BCUT2D eigenvalue weighted by Crippen LogP contribution is 2.14. The lowest BCUT2D eigenvalue weighted by Crippen LogP contribution is -2.29. The Labute approximate surface area is 300 Å². The number of aliphatic imine (C=N–C) groups is 2. The van der Waals surface area contributed by atoms with Crippen LogP contribution in [0, 0.1) is 24.9 Å². The fourth-order valence-corrected chi connectivity index (χ4v) is 4.00. The molecule has 0 saturated heterocycles. The molecule has 0 spiro atoms. The molecule has 15 nitrogen and oxygen atoms in total. The highest BCUT2D eigenvalue weighted by Gasteiger charge is 2.20. The van der Waals surface area contributed by atoms with Crippen molar-refractivity contribution < 1.29 is 38.4 Å². The van der Waals surface area contributed by atoms with Crippen LogP contribution < -0.4 is 27.0 Å². The number of nitrogens with one attached hydrogen (secondary N) is 4. The molecule has 0 unspecified atom stereocenters. The number of amidine groups is 1. The highest BCUT2D eigenvalue weighted by atomic mass is 16.6. The van der Waals surface area contributed by atoms with Crippen molar-refractivity contribution in [2.75, 3.05) is 77.8 Å². The molecule has 3 amide bonds. The van der Waals surface area contributed by atoms with E-state index in [4.69, 9.17) is 36.2 Å². The number of rotatable bonds is 24. The Hall–Kier alpha value is -5.19. The van der Waals surface area contributed by atoms with Gasteiger partial charge < -0.3 is 51.1 Å². The Balaban J connectivity index is 0.00000418. The Morgan fingerprint density at radius 2 is 1.61 bits per heavy atom. The van der Waals surface area contributed by atoms with Crippen LogP contribution in [0.5, 0.6) is 0 Å². The molecule has 0 saturated carbocycles. The number of carbonyl (C=O) groups excluding carboxylic acids is 3. The van der Waals surface area contributed by atoms with Gasteiger partial charge in [0.1, 0.15) is 18.5 Å². The molecule has 0 aliphatic carbocycles. The fraction of sp³-hybridized carbons (Fsp3) is 0.472. The molecular formula is C36H51N7O8. The third kappa shape index (κ3) is 21.5. The smallest absolute Gasteiger partial charge is 0.299 e. The second-order valence-corrected chi connectivity index (χ2v) is 10.6. The van der Waals surface area contributed by atoms with Crippen LogP contribution in [0.3, 0.4) is 0 Å². The van der Waals surface area contributed by atoms with Crippen LogP contribution >= 0.6 is 0 Å². The van der Waals surface area contributed by atoms with Crippen LogP contribution in [0.4, 0.5) is 5.69 Å². The van der Waals surface area contributed by atoms with E-state index in [1.54, 1.807) is 37.4 Å². The molecule has 1 aliphatic rings. The van der Waals surface area contributed by atoms with Crippen LogP contribution in [0.2, 0.25) is 0 Å². The van der Waals surface area contributed by atoms with Gasteiger partial charge in [-0.1, -0.05) is 31.8 Å². The van der Waals surface area contributed by atoms with Gasteiger partial charge in [-0.25, -0.2) is 4.99 Å². The predicted molar refractivity (Wildman–Crippen MR) is 196 cm³/mol. The summed E-state index contributed by atoms with van der Waals surface area (Å²) in [5.74, 6) is 1.70. The van der Waals surface area contributed by atoms with Gasteiger partial charge in [-0.2, -0.15) is 4.99 Å². The zero-order valence-corrected chi connectivity index (χ0v) is 29.5. The summed E-state index contributed by atoms with van der Waals surface area (Å²) in [6.45, 7) is 8.04. The number of amides is 3. The maximum absolute atomic E-state index is 12.6. The average Bonchev–Trinajstić information content (AvgIpc) is 3.12.